The molecule has 0 aromatic carbocycles. The van der Waals surface area contributed by atoms with Gasteiger partial charge in [-0.15, -0.1) is 0 Å². The molecule has 0 amide bonds. The summed E-state index contributed by atoms with van der Waals surface area (Å²) in [7, 11) is 1.65. The molecular formula is C21H25N3O3. The molecule has 2 aliphatic carbocycles. The van der Waals surface area contributed by atoms with Gasteiger partial charge in [-0.3, -0.25) is 9.78 Å². The summed E-state index contributed by atoms with van der Waals surface area (Å²) < 4.78 is 11.3. The van der Waals surface area contributed by atoms with Crippen molar-refractivity contribution in [1.82, 2.24) is 15.0 Å². The summed E-state index contributed by atoms with van der Waals surface area (Å²) in [5.41, 5.74) is 2.14. The van der Waals surface area contributed by atoms with Crippen LogP contribution in [0.5, 0.6) is 11.6 Å². The van der Waals surface area contributed by atoms with Gasteiger partial charge in [0.15, 0.2) is 0 Å². The number of ether oxygens (including phenoxy) is 2. The number of carbonyl (C=O) groups excluding carboxylic acids is 1. The Kier molecular flexibility index (Phi) is 5.05. The molecule has 2 heterocycles. The molecule has 0 spiro atoms. The lowest BCUT2D eigenvalue weighted by Crippen LogP contribution is -2.15. The van der Waals surface area contributed by atoms with Gasteiger partial charge in [0.1, 0.15) is 17.4 Å². The minimum absolute atomic E-state index is 0.316. The molecule has 2 fully saturated rings. The van der Waals surface area contributed by atoms with Crippen molar-refractivity contribution in [2.75, 3.05) is 13.7 Å². The Bertz CT molecular complexity index is 812. The molecule has 0 bridgehead atoms. The molecule has 2 aromatic rings. The lowest BCUT2D eigenvalue weighted by atomic mass is 9.84. The van der Waals surface area contributed by atoms with E-state index in [-0.39, 0.29) is 0 Å². The number of aromatic nitrogens is 3. The van der Waals surface area contributed by atoms with Crippen molar-refractivity contribution in [1.29, 1.82) is 0 Å². The van der Waals surface area contributed by atoms with Gasteiger partial charge in [-0.2, -0.15) is 4.98 Å². The fourth-order valence-electron chi connectivity index (χ4n) is 3.82. The molecule has 6 heteroatoms. The van der Waals surface area contributed by atoms with E-state index >= 15 is 0 Å². The van der Waals surface area contributed by atoms with Crippen molar-refractivity contribution in [3.8, 4) is 11.6 Å². The van der Waals surface area contributed by atoms with Crippen LogP contribution in [0.25, 0.3) is 0 Å². The van der Waals surface area contributed by atoms with Crippen LogP contribution in [0.2, 0.25) is 0 Å². The van der Waals surface area contributed by atoms with Crippen LogP contribution in [0, 0.1) is 12.8 Å². The van der Waals surface area contributed by atoms with Crippen LogP contribution in [-0.4, -0.2) is 34.5 Å². The van der Waals surface area contributed by atoms with E-state index in [1.807, 2.05) is 25.3 Å². The quantitative estimate of drug-likeness (QED) is 0.777. The summed E-state index contributed by atoms with van der Waals surface area (Å²) in [4.78, 5) is 24.9. The van der Waals surface area contributed by atoms with Gasteiger partial charge in [-0.25, -0.2) is 4.98 Å². The zero-order valence-corrected chi connectivity index (χ0v) is 15.9. The highest BCUT2D eigenvalue weighted by atomic mass is 16.5. The zero-order chi connectivity index (χ0) is 18.8. The van der Waals surface area contributed by atoms with Crippen molar-refractivity contribution in [2.24, 2.45) is 5.92 Å². The van der Waals surface area contributed by atoms with E-state index in [2.05, 4.69) is 15.0 Å². The molecule has 2 aromatic heterocycles. The van der Waals surface area contributed by atoms with Crippen LogP contribution in [0.3, 0.4) is 0 Å². The molecule has 6 nitrogen and oxygen atoms in total. The number of methoxy groups -OCH3 is 1. The maximum atomic E-state index is 11.5. The van der Waals surface area contributed by atoms with Gasteiger partial charge in [-0.1, -0.05) is 0 Å². The third kappa shape index (κ3) is 4.10. The highest BCUT2D eigenvalue weighted by Gasteiger charge is 2.40. The molecule has 4 rings (SSSR count). The number of pyridine rings is 1. The summed E-state index contributed by atoms with van der Waals surface area (Å²) in [6.45, 7) is 2.51. The first-order valence-electron chi connectivity index (χ1n) is 9.62. The number of carbonyl (C=O) groups is 1. The topological polar surface area (TPSA) is 74.2 Å². The van der Waals surface area contributed by atoms with E-state index in [9.17, 15) is 4.79 Å². The predicted molar refractivity (Wildman–Crippen MR) is 100 cm³/mol. The van der Waals surface area contributed by atoms with E-state index in [4.69, 9.17) is 9.47 Å². The second-order valence-corrected chi connectivity index (χ2v) is 7.53. The normalized spacial score (nSPS) is 22.5. The largest absolute Gasteiger partial charge is 0.495 e. The van der Waals surface area contributed by atoms with Crippen molar-refractivity contribution in [2.45, 2.75) is 50.9 Å². The Hall–Kier alpha value is -2.50. The van der Waals surface area contributed by atoms with E-state index in [1.54, 1.807) is 13.3 Å². The third-order valence-corrected chi connectivity index (χ3v) is 5.62. The average molecular weight is 367 g/mol. The molecule has 27 heavy (non-hydrogen) atoms. The lowest BCUT2D eigenvalue weighted by molar-refractivity contribution is -0.120. The Morgan fingerprint density at radius 2 is 1.96 bits per heavy atom. The van der Waals surface area contributed by atoms with Gasteiger partial charge in [-0.05, 0) is 44.2 Å². The van der Waals surface area contributed by atoms with Gasteiger partial charge in [0.2, 0.25) is 5.88 Å². The van der Waals surface area contributed by atoms with Crippen LogP contribution >= 0.6 is 0 Å². The van der Waals surface area contributed by atoms with Crippen molar-refractivity contribution in [3.05, 3.63) is 41.6 Å². The number of aryl methyl sites for hydroxylation is 1. The first-order chi connectivity index (χ1) is 13.1. The fourth-order valence-corrected chi connectivity index (χ4v) is 3.82. The predicted octanol–water partition coefficient (Wildman–Crippen LogP) is 3.60. The van der Waals surface area contributed by atoms with Crippen LogP contribution < -0.4 is 9.47 Å². The average Bonchev–Trinajstić information content (AvgIpc) is 3.47. The Labute approximate surface area is 159 Å². The lowest BCUT2D eigenvalue weighted by Gasteiger charge is -2.22. The first kappa shape index (κ1) is 17.9. The van der Waals surface area contributed by atoms with E-state index in [1.165, 1.54) is 0 Å². The van der Waals surface area contributed by atoms with Gasteiger partial charge in [0.05, 0.1) is 19.9 Å². The zero-order valence-electron chi connectivity index (χ0n) is 15.9. The highest BCUT2D eigenvalue weighted by molar-refractivity contribution is 5.79. The minimum atomic E-state index is 0.316. The molecule has 0 saturated heterocycles. The molecule has 2 saturated carbocycles. The van der Waals surface area contributed by atoms with Crippen molar-refractivity contribution < 1.29 is 14.3 Å². The third-order valence-electron chi connectivity index (χ3n) is 5.62. The maximum Gasteiger partial charge on any atom is 0.220 e. The van der Waals surface area contributed by atoms with Crippen molar-refractivity contribution in [3.63, 3.8) is 0 Å². The summed E-state index contributed by atoms with van der Waals surface area (Å²) in [5.74, 6) is 3.75. The number of Topliss-reactive ketones (excluding diaryl/α,β-unsaturated/α-hetero) is 1. The molecule has 0 unspecified atom stereocenters. The number of hydrogen-bond donors (Lipinski definition) is 0. The van der Waals surface area contributed by atoms with Gasteiger partial charge in [0, 0.05) is 42.1 Å². The fraction of sp³-hybridized carbons (Fsp3) is 0.524. The summed E-state index contributed by atoms with van der Waals surface area (Å²) >= 11 is 0. The van der Waals surface area contributed by atoms with E-state index < -0.39 is 0 Å². The minimum Gasteiger partial charge on any atom is -0.495 e. The Balaban J connectivity index is 1.39. The molecule has 2 atom stereocenters. The van der Waals surface area contributed by atoms with E-state index in [0.29, 0.717) is 54.7 Å². The van der Waals surface area contributed by atoms with Crippen LogP contribution in [0.15, 0.2) is 24.5 Å². The van der Waals surface area contributed by atoms with Gasteiger partial charge >= 0.3 is 0 Å². The van der Waals surface area contributed by atoms with Crippen molar-refractivity contribution >= 4 is 5.78 Å². The van der Waals surface area contributed by atoms with E-state index in [0.717, 1.165) is 36.3 Å². The molecule has 0 aliphatic heterocycles. The first-order valence-corrected chi connectivity index (χ1v) is 9.62. The monoisotopic (exact) mass is 367 g/mol. The van der Waals surface area contributed by atoms with Crippen LogP contribution in [0.1, 0.15) is 61.0 Å². The summed E-state index contributed by atoms with van der Waals surface area (Å²) in [6.07, 6.45) is 7.75. The SMILES string of the molecule is COc1ccc([C@H]2C[C@@H]2COc2nc(C)ncc2C2CCC(=O)CC2)nc1. The summed E-state index contributed by atoms with van der Waals surface area (Å²) in [5, 5.41) is 0. The molecule has 2 aliphatic rings. The number of hydrogen-bond acceptors (Lipinski definition) is 6. The second kappa shape index (κ2) is 7.62. The maximum absolute atomic E-state index is 11.5. The standard InChI is InChI=1S/C21H25N3O3/c1-13-22-11-19(14-3-5-16(25)6-4-14)21(24-13)27-12-15-9-18(15)20-8-7-17(26-2)10-23-20/h7-8,10-11,14-15,18H,3-6,9,12H2,1-2H3/t15-,18+/m1/s1. The molecule has 0 radical (unpaired) electrons. The van der Waals surface area contributed by atoms with Crippen LogP contribution in [0.4, 0.5) is 0 Å². The van der Waals surface area contributed by atoms with Crippen LogP contribution in [-0.2, 0) is 4.79 Å². The second-order valence-electron chi connectivity index (χ2n) is 7.53. The number of nitrogens with zero attached hydrogens (tertiary/aromatic N) is 3. The van der Waals surface area contributed by atoms with Gasteiger partial charge < -0.3 is 9.47 Å². The smallest absolute Gasteiger partial charge is 0.220 e. The molecular weight excluding hydrogens is 342 g/mol. The number of rotatable bonds is 6. The molecule has 0 N–H and O–H groups in total. The molecule has 142 valence electrons. The van der Waals surface area contributed by atoms with Gasteiger partial charge in [0.25, 0.3) is 0 Å². The highest BCUT2D eigenvalue weighted by Crippen LogP contribution is 2.47. The number of ketones is 1. The Morgan fingerprint density at radius 3 is 2.67 bits per heavy atom. The Morgan fingerprint density at radius 1 is 1.15 bits per heavy atom. The summed E-state index contributed by atoms with van der Waals surface area (Å²) in [6, 6.07) is 3.98.